The molecule has 1 N–H and O–H groups in total. The first-order chi connectivity index (χ1) is 8.29. The van der Waals surface area contributed by atoms with E-state index in [4.69, 9.17) is 0 Å². The molecule has 0 saturated heterocycles. The van der Waals surface area contributed by atoms with Gasteiger partial charge in [0.15, 0.2) is 0 Å². The number of aryl methyl sites for hydroxylation is 1. The molecule has 1 nitrogen and oxygen atoms in total. The average molecular weight is 249 g/mol. The smallest absolute Gasteiger partial charge is 0.126 e. The molecule has 0 aliphatic carbocycles. The topological polar surface area (TPSA) is 12.0 Å². The first-order valence-electron chi connectivity index (χ1n) is 6.48. The summed E-state index contributed by atoms with van der Waals surface area (Å²) in [5.74, 6) is -0.131. The van der Waals surface area contributed by atoms with Gasteiger partial charge >= 0.3 is 0 Å². The van der Waals surface area contributed by atoms with Crippen molar-refractivity contribution in [3.05, 3.63) is 41.2 Å². The number of rotatable bonds is 4. The van der Waals surface area contributed by atoms with Gasteiger partial charge < -0.3 is 5.32 Å². The van der Waals surface area contributed by atoms with Gasteiger partial charge in [-0.2, -0.15) is 0 Å². The second kappa shape index (κ2) is 6.14. The lowest BCUT2D eigenvalue weighted by molar-refractivity contribution is 0.431. The lowest BCUT2D eigenvalue weighted by atomic mass is 10.0. The molecule has 0 amide bonds. The number of benzene rings is 1. The minimum atomic E-state index is -0.131. The molecule has 0 radical (unpaired) electrons. The molecular weight excluding hydrogens is 225 g/mol. The van der Waals surface area contributed by atoms with Gasteiger partial charge in [-0.3, -0.25) is 0 Å². The van der Waals surface area contributed by atoms with Gasteiger partial charge in [0.25, 0.3) is 0 Å². The van der Waals surface area contributed by atoms with E-state index in [1.165, 1.54) is 0 Å². The molecule has 0 aliphatic rings. The lowest BCUT2D eigenvalue weighted by Gasteiger charge is -2.19. The predicted octanol–water partition coefficient (Wildman–Crippen LogP) is 4.32. The molecule has 2 heteroatoms. The summed E-state index contributed by atoms with van der Waals surface area (Å²) < 4.78 is 13.4. The first-order valence-corrected chi connectivity index (χ1v) is 6.48. The van der Waals surface area contributed by atoms with Crippen molar-refractivity contribution in [1.29, 1.82) is 0 Å². The standard InChI is InChI=1S/C16H24FN/c1-12(7-6-10-18-16(3,4)5)14-9-8-13(2)15(17)11-14/h7-9,11,18H,6,10H2,1-5H3/b12-7-. The Balaban J connectivity index is 2.58. The highest BCUT2D eigenvalue weighted by molar-refractivity contribution is 5.63. The maximum Gasteiger partial charge on any atom is 0.126 e. The fourth-order valence-electron chi connectivity index (χ4n) is 1.69. The van der Waals surface area contributed by atoms with Gasteiger partial charge in [0.1, 0.15) is 5.82 Å². The third kappa shape index (κ3) is 5.01. The molecule has 1 aromatic carbocycles. The van der Waals surface area contributed by atoms with Crippen LogP contribution in [0.5, 0.6) is 0 Å². The van der Waals surface area contributed by atoms with Gasteiger partial charge in [-0.25, -0.2) is 4.39 Å². The van der Waals surface area contributed by atoms with Crippen molar-refractivity contribution in [2.75, 3.05) is 6.54 Å². The van der Waals surface area contributed by atoms with Gasteiger partial charge in [-0.15, -0.1) is 0 Å². The SMILES string of the molecule is C/C(=C/CCNC(C)(C)C)c1ccc(C)c(F)c1. The van der Waals surface area contributed by atoms with Crippen LogP contribution >= 0.6 is 0 Å². The zero-order valence-corrected chi connectivity index (χ0v) is 12.1. The van der Waals surface area contributed by atoms with Crippen LogP contribution in [-0.2, 0) is 0 Å². The van der Waals surface area contributed by atoms with Crippen molar-refractivity contribution in [2.45, 2.75) is 46.6 Å². The normalized spacial score (nSPS) is 12.9. The summed E-state index contributed by atoms with van der Waals surface area (Å²) in [6.07, 6.45) is 3.11. The molecule has 0 saturated carbocycles. The van der Waals surface area contributed by atoms with Gasteiger partial charge in [0, 0.05) is 5.54 Å². The molecule has 100 valence electrons. The van der Waals surface area contributed by atoms with Crippen LogP contribution < -0.4 is 5.32 Å². The summed E-state index contributed by atoms with van der Waals surface area (Å²) >= 11 is 0. The third-order valence-electron chi connectivity index (χ3n) is 2.88. The highest BCUT2D eigenvalue weighted by atomic mass is 19.1. The second-order valence-corrected chi connectivity index (χ2v) is 5.82. The summed E-state index contributed by atoms with van der Waals surface area (Å²) in [6.45, 7) is 11.2. The summed E-state index contributed by atoms with van der Waals surface area (Å²) in [4.78, 5) is 0. The average Bonchev–Trinajstić information content (AvgIpc) is 2.26. The van der Waals surface area contributed by atoms with Gasteiger partial charge in [0.2, 0.25) is 0 Å². The van der Waals surface area contributed by atoms with Crippen LogP contribution in [0, 0.1) is 12.7 Å². The number of hydrogen-bond acceptors (Lipinski definition) is 1. The van der Waals surface area contributed by atoms with Crippen molar-refractivity contribution < 1.29 is 4.39 Å². The van der Waals surface area contributed by atoms with Crippen molar-refractivity contribution >= 4 is 5.57 Å². The number of allylic oxidation sites excluding steroid dienone is 1. The molecule has 0 bridgehead atoms. The highest BCUT2D eigenvalue weighted by Crippen LogP contribution is 2.17. The minimum absolute atomic E-state index is 0.131. The monoisotopic (exact) mass is 249 g/mol. The van der Waals surface area contributed by atoms with E-state index in [1.807, 2.05) is 19.1 Å². The van der Waals surface area contributed by atoms with E-state index in [2.05, 4.69) is 32.2 Å². The molecule has 18 heavy (non-hydrogen) atoms. The molecule has 0 aliphatic heterocycles. The highest BCUT2D eigenvalue weighted by Gasteiger charge is 2.06. The molecule has 1 aromatic rings. The van der Waals surface area contributed by atoms with Crippen LogP contribution in [0.2, 0.25) is 0 Å². The van der Waals surface area contributed by atoms with E-state index in [-0.39, 0.29) is 11.4 Å². The maximum absolute atomic E-state index is 13.4. The summed E-state index contributed by atoms with van der Waals surface area (Å²) in [5.41, 5.74) is 2.94. The summed E-state index contributed by atoms with van der Waals surface area (Å²) in [7, 11) is 0. The fourth-order valence-corrected chi connectivity index (χ4v) is 1.69. The molecule has 0 unspecified atom stereocenters. The van der Waals surface area contributed by atoms with E-state index >= 15 is 0 Å². The van der Waals surface area contributed by atoms with Crippen LogP contribution in [0.1, 0.15) is 45.2 Å². The van der Waals surface area contributed by atoms with E-state index in [0.717, 1.165) is 24.1 Å². The zero-order valence-electron chi connectivity index (χ0n) is 12.1. The Labute approximate surface area is 110 Å². The Hall–Kier alpha value is -1.15. The van der Waals surface area contributed by atoms with E-state index < -0.39 is 0 Å². The predicted molar refractivity (Wildman–Crippen MR) is 77.2 cm³/mol. The Morgan fingerprint density at radius 3 is 2.56 bits per heavy atom. The summed E-state index contributed by atoms with van der Waals surface area (Å²) in [6, 6.07) is 5.41. The second-order valence-electron chi connectivity index (χ2n) is 5.82. The van der Waals surface area contributed by atoms with Crippen LogP contribution in [0.15, 0.2) is 24.3 Å². The van der Waals surface area contributed by atoms with Gasteiger partial charge in [0.05, 0.1) is 0 Å². The molecule has 0 aromatic heterocycles. The van der Waals surface area contributed by atoms with E-state index in [9.17, 15) is 4.39 Å². The zero-order chi connectivity index (χ0) is 13.8. The van der Waals surface area contributed by atoms with Gasteiger partial charge in [-0.1, -0.05) is 18.2 Å². The van der Waals surface area contributed by atoms with Crippen LogP contribution in [0.3, 0.4) is 0 Å². The molecule has 0 spiro atoms. The van der Waals surface area contributed by atoms with Crippen molar-refractivity contribution in [2.24, 2.45) is 0 Å². The largest absolute Gasteiger partial charge is 0.312 e. The van der Waals surface area contributed by atoms with E-state index in [0.29, 0.717) is 5.56 Å². The van der Waals surface area contributed by atoms with Crippen LogP contribution in [-0.4, -0.2) is 12.1 Å². The fraction of sp³-hybridized carbons (Fsp3) is 0.500. The Morgan fingerprint density at radius 2 is 2.00 bits per heavy atom. The molecule has 0 fully saturated rings. The van der Waals surface area contributed by atoms with Crippen LogP contribution in [0.4, 0.5) is 4.39 Å². The van der Waals surface area contributed by atoms with Crippen molar-refractivity contribution in [3.63, 3.8) is 0 Å². The van der Waals surface area contributed by atoms with Crippen LogP contribution in [0.25, 0.3) is 5.57 Å². The Bertz CT molecular complexity index is 427. The summed E-state index contributed by atoms with van der Waals surface area (Å²) in [5, 5.41) is 3.43. The molecule has 0 atom stereocenters. The minimum Gasteiger partial charge on any atom is -0.312 e. The molecule has 1 rings (SSSR count). The van der Waals surface area contributed by atoms with E-state index in [1.54, 1.807) is 13.0 Å². The molecule has 0 heterocycles. The first kappa shape index (κ1) is 14.9. The number of hydrogen-bond donors (Lipinski definition) is 1. The quantitative estimate of drug-likeness (QED) is 0.784. The van der Waals surface area contributed by atoms with Gasteiger partial charge in [-0.05, 0) is 70.4 Å². The number of halogens is 1. The number of nitrogens with one attached hydrogen (secondary N) is 1. The molecular formula is C16H24FN. The maximum atomic E-state index is 13.4. The van der Waals surface area contributed by atoms with Crippen molar-refractivity contribution in [1.82, 2.24) is 5.32 Å². The van der Waals surface area contributed by atoms with Crippen molar-refractivity contribution in [3.8, 4) is 0 Å². The Morgan fingerprint density at radius 1 is 1.33 bits per heavy atom. The lowest BCUT2D eigenvalue weighted by Crippen LogP contribution is -2.36. The Kier molecular flexibility index (Phi) is 5.09. The third-order valence-corrected chi connectivity index (χ3v) is 2.88.